The van der Waals surface area contributed by atoms with Crippen LogP contribution in [-0.2, 0) is 16.1 Å². The second-order valence-electron chi connectivity index (χ2n) is 5.27. The van der Waals surface area contributed by atoms with E-state index in [1.165, 1.54) is 0 Å². The molecule has 0 saturated carbocycles. The van der Waals surface area contributed by atoms with Gasteiger partial charge in [-0.2, -0.15) is 4.98 Å². The van der Waals surface area contributed by atoms with Gasteiger partial charge in [-0.15, -0.1) is 0 Å². The van der Waals surface area contributed by atoms with Gasteiger partial charge >= 0.3 is 0 Å². The van der Waals surface area contributed by atoms with Crippen molar-refractivity contribution in [3.8, 4) is 17.3 Å². The number of rotatable bonds is 7. The molecular weight excluding hydrogens is 318 g/mol. The van der Waals surface area contributed by atoms with Crippen LogP contribution >= 0.6 is 0 Å². The molecule has 6 heteroatoms. The summed E-state index contributed by atoms with van der Waals surface area (Å²) in [6.07, 6.45) is 2.82. The number of ether oxygens (including phenoxy) is 3. The number of nitrogens with zero attached hydrogens (tertiary/aromatic N) is 3. The highest BCUT2D eigenvalue weighted by Gasteiger charge is 2.13. The number of methoxy groups -OCH3 is 2. The lowest BCUT2D eigenvalue weighted by atomic mass is 10.2. The minimum Gasteiger partial charge on any atom is -0.473 e. The van der Waals surface area contributed by atoms with Gasteiger partial charge in [0.2, 0.25) is 12.2 Å². The molecule has 2 heterocycles. The molecule has 3 rings (SSSR count). The van der Waals surface area contributed by atoms with Gasteiger partial charge in [0.15, 0.2) is 5.82 Å². The summed E-state index contributed by atoms with van der Waals surface area (Å²) in [5.41, 5.74) is 2.55. The molecule has 0 N–H and O–H groups in total. The monoisotopic (exact) mass is 337 g/mol. The molecule has 128 valence electrons. The van der Waals surface area contributed by atoms with E-state index in [0.29, 0.717) is 24.0 Å². The smallest absolute Gasteiger partial charge is 0.217 e. The fraction of sp³-hybridized carbons (Fsp3) is 0.211. The van der Waals surface area contributed by atoms with E-state index in [1.807, 2.05) is 42.5 Å². The lowest BCUT2D eigenvalue weighted by molar-refractivity contribution is -0.108. The minimum atomic E-state index is -0.530. The van der Waals surface area contributed by atoms with Crippen molar-refractivity contribution in [3.05, 3.63) is 72.2 Å². The van der Waals surface area contributed by atoms with Gasteiger partial charge in [-0.1, -0.05) is 30.3 Å². The summed E-state index contributed by atoms with van der Waals surface area (Å²) in [5.74, 6) is 1.07. The van der Waals surface area contributed by atoms with E-state index in [9.17, 15) is 0 Å². The first-order chi connectivity index (χ1) is 12.3. The van der Waals surface area contributed by atoms with E-state index in [2.05, 4.69) is 15.0 Å². The minimum absolute atomic E-state index is 0.453. The Bertz CT molecular complexity index is 808. The molecule has 1 aromatic carbocycles. The molecule has 2 aromatic heterocycles. The predicted octanol–water partition coefficient (Wildman–Crippen LogP) is 3.41. The summed E-state index contributed by atoms with van der Waals surface area (Å²) in [6, 6.07) is 15.4. The van der Waals surface area contributed by atoms with Crippen molar-refractivity contribution in [2.45, 2.75) is 12.9 Å². The lowest BCUT2D eigenvalue weighted by Crippen LogP contribution is -2.06. The second-order valence-corrected chi connectivity index (χ2v) is 5.27. The van der Waals surface area contributed by atoms with E-state index < -0.39 is 6.29 Å². The van der Waals surface area contributed by atoms with Gasteiger partial charge in [0.25, 0.3) is 0 Å². The maximum atomic E-state index is 5.76. The zero-order chi connectivity index (χ0) is 17.5. The van der Waals surface area contributed by atoms with Gasteiger partial charge in [0.05, 0.1) is 5.69 Å². The first-order valence-electron chi connectivity index (χ1n) is 7.82. The van der Waals surface area contributed by atoms with Crippen molar-refractivity contribution < 1.29 is 14.2 Å². The molecule has 6 nitrogen and oxygen atoms in total. The summed E-state index contributed by atoms with van der Waals surface area (Å²) >= 11 is 0. The fourth-order valence-corrected chi connectivity index (χ4v) is 2.35. The third kappa shape index (κ3) is 4.37. The van der Waals surface area contributed by atoms with Gasteiger partial charge < -0.3 is 14.2 Å². The number of aromatic nitrogens is 3. The van der Waals surface area contributed by atoms with Crippen molar-refractivity contribution in [2.24, 2.45) is 0 Å². The topological polar surface area (TPSA) is 66.4 Å². The number of pyridine rings is 1. The molecule has 0 aliphatic rings. The molecular formula is C19H19N3O3. The van der Waals surface area contributed by atoms with Crippen LogP contribution in [0.4, 0.5) is 0 Å². The maximum Gasteiger partial charge on any atom is 0.217 e. The van der Waals surface area contributed by atoms with Crippen molar-refractivity contribution in [2.75, 3.05) is 14.2 Å². The number of hydrogen-bond acceptors (Lipinski definition) is 6. The van der Waals surface area contributed by atoms with E-state index >= 15 is 0 Å². The van der Waals surface area contributed by atoms with Gasteiger partial charge in [-0.05, 0) is 17.7 Å². The Hall–Kier alpha value is -2.83. The van der Waals surface area contributed by atoms with Crippen LogP contribution in [0, 0.1) is 0 Å². The van der Waals surface area contributed by atoms with Crippen LogP contribution in [-0.4, -0.2) is 29.2 Å². The summed E-state index contributed by atoms with van der Waals surface area (Å²) in [4.78, 5) is 13.1. The first kappa shape index (κ1) is 17.0. The van der Waals surface area contributed by atoms with Crippen LogP contribution in [0.2, 0.25) is 0 Å². The van der Waals surface area contributed by atoms with Crippen molar-refractivity contribution in [1.82, 2.24) is 15.0 Å². The highest BCUT2D eigenvalue weighted by atomic mass is 16.7. The standard InChI is InChI=1S/C19H19N3O3/c1-23-19(24-2)16-12-15(8-10-20-16)18-21-11-9-17(22-18)25-13-14-6-4-3-5-7-14/h3-12,19H,13H2,1-2H3. The Morgan fingerprint density at radius 3 is 2.44 bits per heavy atom. The zero-order valence-corrected chi connectivity index (χ0v) is 14.1. The van der Waals surface area contributed by atoms with Gasteiger partial charge in [0.1, 0.15) is 6.61 Å². The predicted molar refractivity (Wildman–Crippen MR) is 92.8 cm³/mol. The molecule has 0 saturated heterocycles. The van der Waals surface area contributed by atoms with E-state index in [1.54, 1.807) is 32.7 Å². The molecule has 0 spiro atoms. The fourth-order valence-electron chi connectivity index (χ4n) is 2.35. The van der Waals surface area contributed by atoms with Crippen LogP contribution in [0.3, 0.4) is 0 Å². The third-order valence-corrected chi connectivity index (χ3v) is 3.57. The van der Waals surface area contributed by atoms with E-state index in [-0.39, 0.29) is 0 Å². The molecule has 0 aliphatic heterocycles. The molecule has 25 heavy (non-hydrogen) atoms. The van der Waals surface area contributed by atoms with Crippen LogP contribution in [0.15, 0.2) is 60.9 Å². The number of hydrogen-bond donors (Lipinski definition) is 0. The van der Waals surface area contributed by atoms with Crippen LogP contribution in [0.5, 0.6) is 5.88 Å². The lowest BCUT2D eigenvalue weighted by Gasteiger charge is -2.13. The molecule has 0 fully saturated rings. The largest absolute Gasteiger partial charge is 0.473 e. The molecule has 0 atom stereocenters. The highest BCUT2D eigenvalue weighted by Crippen LogP contribution is 2.22. The maximum absolute atomic E-state index is 5.76. The summed E-state index contributed by atoms with van der Waals surface area (Å²) in [6.45, 7) is 0.453. The summed E-state index contributed by atoms with van der Waals surface area (Å²) in [7, 11) is 3.13. The van der Waals surface area contributed by atoms with Crippen LogP contribution < -0.4 is 4.74 Å². The quantitative estimate of drug-likeness (QED) is 0.616. The Balaban J connectivity index is 1.78. The third-order valence-electron chi connectivity index (χ3n) is 3.57. The number of benzene rings is 1. The highest BCUT2D eigenvalue weighted by molar-refractivity contribution is 5.55. The average molecular weight is 337 g/mol. The van der Waals surface area contributed by atoms with E-state index in [4.69, 9.17) is 14.2 Å². The summed E-state index contributed by atoms with van der Waals surface area (Å²) in [5, 5.41) is 0. The van der Waals surface area contributed by atoms with Gasteiger partial charge in [0, 0.05) is 38.2 Å². The second kappa shape index (κ2) is 8.32. The Kier molecular flexibility index (Phi) is 5.66. The Morgan fingerprint density at radius 1 is 0.920 bits per heavy atom. The van der Waals surface area contributed by atoms with Gasteiger partial charge in [-0.3, -0.25) is 4.98 Å². The molecule has 0 radical (unpaired) electrons. The van der Waals surface area contributed by atoms with Crippen molar-refractivity contribution >= 4 is 0 Å². The van der Waals surface area contributed by atoms with Gasteiger partial charge in [-0.25, -0.2) is 4.98 Å². The SMILES string of the molecule is COC(OC)c1cc(-c2nccc(OCc3ccccc3)n2)ccn1. The zero-order valence-electron chi connectivity index (χ0n) is 14.1. The van der Waals surface area contributed by atoms with E-state index in [0.717, 1.165) is 11.1 Å². The molecule has 0 bridgehead atoms. The molecule has 0 aliphatic carbocycles. The Morgan fingerprint density at radius 2 is 1.68 bits per heavy atom. The van der Waals surface area contributed by atoms with Crippen molar-refractivity contribution in [1.29, 1.82) is 0 Å². The normalized spacial score (nSPS) is 10.8. The molecule has 0 amide bonds. The summed E-state index contributed by atoms with van der Waals surface area (Å²) < 4.78 is 16.2. The molecule has 3 aromatic rings. The van der Waals surface area contributed by atoms with Crippen molar-refractivity contribution in [3.63, 3.8) is 0 Å². The van der Waals surface area contributed by atoms with Crippen LogP contribution in [0.25, 0.3) is 11.4 Å². The molecule has 0 unspecified atom stereocenters. The first-order valence-corrected chi connectivity index (χ1v) is 7.82. The van der Waals surface area contributed by atoms with Crippen LogP contribution in [0.1, 0.15) is 17.5 Å². The average Bonchev–Trinajstić information content (AvgIpc) is 2.69. The Labute approximate surface area is 146 Å².